The molecule has 0 rings (SSSR count). The fourth-order valence-corrected chi connectivity index (χ4v) is 8.89. The predicted molar refractivity (Wildman–Crippen MR) is 127 cm³/mol. The van der Waals surface area contributed by atoms with Crippen molar-refractivity contribution in [3.05, 3.63) is 0 Å². The summed E-state index contributed by atoms with van der Waals surface area (Å²) in [7, 11) is -0.562. The van der Waals surface area contributed by atoms with Crippen molar-refractivity contribution in [1.29, 1.82) is 0 Å². The number of carboxylic acid groups (broad SMARTS) is 1. The second-order valence-electron chi connectivity index (χ2n) is 8.24. The van der Waals surface area contributed by atoms with Gasteiger partial charge in [-0.05, 0) is 38.5 Å². The highest BCUT2D eigenvalue weighted by Gasteiger charge is 2.34. The molecule has 0 bridgehead atoms. The summed E-state index contributed by atoms with van der Waals surface area (Å²) >= 11 is 0. The zero-order valence-electron chi connectivity index (χ0n) is 19.7. The fourth-order valence-electron chi connectivity index (χ4n) is 3.60. The van der Waals surface area contributed by atoms with Gasteiger partial charge in [0.15, 0.2) is 0 Å². The van der Waals surface area contributed by atoms with Gasteiger partial charge < -0.3 is 5.11 Å². The molecule has 2 nitrogen and oxygen atoms in total. The lowest BCUT2D eigenvalue weighted by Gasteiger charge is -2.28. The predicted octanol–water partition coefficient (Wildman–Crippen LogP) is 8.49. The summed E-state index contributed by atoms with van der Waals surface area (Å²) in [4.78, 5) is 10.4. The summed E-state index contributed by atoms with van der Waals surface area (Å²) in [5.41, 5.74) is 0. The van der Waals surface area contributed by atoms with Gasteiger partial charge in [0, 0.05) is 7.26 Å². The summed E-state index contributed by atoms with van der Waals surface area (Å²) < 4.78 is 0. The molecule has 0 aliphatic rings. The van der Waals surface area contributed by atoms with Gasteiger partial charge in [-0.1, -0.05) is 80.1 Å². The van der Waals surface area contributed by atoms with Crippen LogP contribution in [-0.2, 0) is 4.79 Å². The van der Waals surface area contributed by atoms with Gasteiger partial charge in [0.05, 0.1) is 30.6 Å². The molecule has 164 valence electrons. The third-order valence-corrected chi connectivity index (χ3v) is 10.8. The normalized spacial score (nSPS) is 12.4. The molecule has 0 aromatic heterocycles. The van der Waals surface area contributed by atoms with Gasteiger partial charge in [-0.15, -0.1) is 0 Å². The smallest absolute Gasteiger partial charge is 0.306 e. The molecule has 0 saturated heterocycles. The third kappa shape index (κ3) is 16.5. The average molecular weight is 404 g/mol. The summed E-state index contributed by atoms with van der Waals surface area (Å²) in [6, 6.07) is 0. The van der Waals surface area contributed by atoms with Crippen molar-refractivity contribution < 1.29 is 9.90 Å². The lowest BCUT2D eigenvalue weighted by molar-refractivity contribution is -0.142. The van der Waals surface area contributed by atoms with E-state index in [1.165, 1.54) is 51.4 Å². The number of aliphatic carboxylic acids is 1. The Labute approximate surface area is 172 Å². The van der Waals surface area contributed by atoms with E-state index in [0.29, 0.717) is 0 Å². The maximum atomic E-state index is 10.4. The number of unbranched alkanes of at least 4 members (excludes halogenated alkanes) is 5. The Bertz CT molecular complexity index is 280. The quantitative estimate of drug-likeness (QED) is 0.247. The molecule has 1 atom stereocenters. The molecule has 0 amide bonds. The van der Waals surface area contributed by atoms with Crippen LogP contribution in [0.15, 0.2) is 0 Å². The van der Waals surface area contributed by atoms with Crippen LogP contribution in [0.4, 0.5) is 0 Å². The molecular weight excluding hydrogens is 351 g/mol. The molecule has 0 heterocycles. The van der Waals surface area contributed by atoms with Crippen LogP contribution in [-0.4, -0.2) is 35.7 Å². The van der Waals surface area contributed by atoms with Gasteiger partial charge in [0.1, 0.15) is 0 Å². The van der Waals surface area contributed by atoms with E-state index in [0.717, 1.165) is 25.7 Å². The number of carbonyl (C=O) groups is 1. The molecule has 0 spiro atoms. The molecule has 0 fully saturated rings. The molecule has 27 heavy (non-hydrogen) atoms. The highest BCUT2D eigenvalue weighted by atomic mass is 31.2. The Hall–Kier alpha value is -0.100. The molecular formula is C24H52O2P+. The van der Waals surface area contributed by atoms with Gasteiger partial charge in [0.25, 0.3) is 0 Å². The van der Waals surface area contributed by atoms with Crippen molar-refractivity contribution in [2.75, 3.05) is 24.6 Å². The van der Waals surface area contributed by atoms with E-state index in [1.54, 1.807) is 24.6 Å². The molecule has 0 radical (unpaired) electrons. The van der Waals surface area contributed by atoms with Crippen LogP contribution < -0.4 is 0 Å². The van der Waals surface area contributed by atoms with E-state index in [4.69, 9.17) is 5.11 Å². The molecule has 1 unspecified atom stereocenters. The molecule has 3 heteroatoms. The van der Waals surface area contributed by atoms with Crippen molar-refractivity contribution in [2.24, 2.45) is 5.92 Å². The first-order chi connectivity index (χ1) is 13.0. The van der Waals surface area contributed by atoms with Gasteiger partial charge in [-0.25, -0.2) is 0 Å². The molecule has 0 saturated carbocycles. The first kappa shape index (κ1) is 29.1. The second-order valence-corrected chi connectivity index (χ2v) is 12.7. The Balaban J connectivity index is 0. The van der Waals surface area contributed by atoms with Crippen molar-refractivity contribution in [2.45, 2.75) is 119 Å². The minimum atomic E-state index is -0.643. The maximum absolute atomic E-state index is 10.4. The Morgan fingerprint density at radius 1 is 0.667 bits per heavy atom. The second kappa shape index (κ2) is 20.6. The molecule has 0 aliphatic carbocycles. The van der Waals surface area contributed by atoms with Gasteiger partial charge in [-0.2, -0.15) is 0 Å². The van der Waals surface area contributed by atoms with E-state index in [9.17, 15) is 4.79 Å². The Kier molecular flexibility index (Phi) is 22.2. The monoisotopic (exact) mass is 403 g/mol. The molecule has 0 aliphatic heterocycles. The maximum Gasteiger partial charge on any atom is 0.306 e. The minimum absolute atomic E-state index is 0.111. The van der Waals surface area contributed by atoms with E-state index in [2.05, 4.69) is 34.6 Å². The number of hydrogen-bond acceptors (Lipinski definition) is 1. The summed E-state index contributed by atoms with van der Waals surface area (Å²) in [6.45, 7) is 13.4. The van der Waals surface area contributed by atoms with Crippen molar-refractivity contribution in [3.8, 4) is 0 Å². The highest BCUT2D eigenvalue weighted by Crippen LogP contribution is 2.61. The zero-order chi connectivity index (χ0) is 21.0. The zero-order valence-corrected chi connectivity index (χ0v) is 20.6. The Morgan fingerprint density at radius 2 is 1.00 bits per heavy atom. The van der Waals surface area contributed by atoms with Crippen LogP contribution in [0.5, 0.6) is 0 Å². The van der Waals surface area contributed by atoms with Crippen LogP contribution in [0.25, 0.3) is 0 Å². The average Bonchev–Trinajstić information content (AvgIpc) is 2.67. The van der Waals surface area contributed by atoms with E-state index in [1.807, 2.05) is 6.92 Å². The summed E-state index contributed by atoms with van der Waals surface area (Å²) in [6.07, 6.45) is 21.7. The van der Waals surface area contributed by atoms with Crippen LogP contribution in [0.3, 0.4) is 0 Å². The standard InChI is InChI=1S/C16H36P.C8H16O2/c1-5-9-13-17(14-10-6-2,15-11-7-3)16-12-8-4;1-3-5-6-7(4-2)8(9)10/h5-16H2,1-4H3;7H,3-6H2,1-2H3,(H,9,10)/q+1;. The van der Waals surface area contributed by atoms with Crippen LogP contribution in [0.1, 0.15) is 119 Å². The van der Waals surface area contributed by atoms with Gasteiger partial charge >= 0.3 is 5.97 Å². The number of rotatable bonds is 17. The topological polar surface area (TPSA) is 37.3 Å². The van der Waals surface area contributed by atoms with Crippen LogP contribution in [0.2, 0.25) is 0 Å². The van der Waals surface area contributed by atoms with Crippen LogP contribution in [0, 0.1) is 5.92 Å². The van der Waals surface area contributed by atoms with Crippen molar-refractivity contribution >= 4 is 13.2 Å². The summed E-state index contributed by atoms with van der Waals surface area (Å²) in [5.74, 6) is -0.754. The van der Waals surface area contributed by atoms with Gasteiger partial charge in [-0.3, -0.25) is 4.79 Å². The van der Waals surface area contributed by atoms with Crippen LogP contribution >= 0.6 is 7.26 Å². The SMILES string of the molecule is CCCCC(CC)C(=O)O.CCCC[P+](CCCC)(CCCC)CCCC. The minimum Gasteiger partial charge on any atom is -0.481 e. The largest absolute Gasteiger partial charge is 0.481 e. The van der Waals surface area contributed by atoms with E-state index < -0.39 is 13.2 Å². The first-order valence-electron chi connectivity index (χ1n) is 12.0. The lowest BCUT2D eigenvalue weighted by Crippen LogP contribution is -2.12. The first-order valence-corrected chi connectivity index (χ1v) is 14.6. The fraction of sp³-hybridized carbons (Fsp3) is 0.958. The van der Waals surface area contributed by atoms with Crippen molar-refractivity contribution in [3.63, 3.8) is 0 Å². The Morgan fingerprint density at radius 3 is 1.22 bits per heavy atom. The van der Waals surface area contributed by atoms with Crippen molar-refractivity contribution in [1.82, 2.24) is 0 Å². The summed E-state index contributed by atoms with van der Waals surface area (Å²) in [5, 5.41) is 8.60. The molecule has 0 aromatic rings. The van der Waals surface area contributed by atoms with Gasteiger partial charge in [0.2, 0.25) is 0 Å². The number of hydrogen-bond donors (Lipinski definition) is 1. The number of carboxylic acids is 1. The highest BCUT2D eigenvalue weighted by molar-refractivity contribution is 7.75. The van der Waals surface area contributed by atoms with E-state index >= 15 is 0 Å². The lowest BCUT2D eigenvalue weighted by atomic mass is 10.00. The van der Waals surface area contributed by atoms with E-state index in [-0.39, 0.29) is 5.92 Å². The molecule has 0 aromatic carbocycles. The molecule has 1 N–H and O–H groups in total. The third-order valence-electron chi connectivity index (χ3n) is 5.69.